The molecule has 0 radical (unpaired) electrons. The van der Waals surface area contributed by atoms with E-state index in [1.807, 2.05) is 0 Å². The highest BCUT2D eigenvalue weighted by molar-refractivity contribution is 7.55. The van der Waals surface area contributed by atoms with Gasteiger partial charge < -0.3 is 13.8 Å². The van der Waals surface area contributed by atoms with Crippen molar-refractivity contribution in [1.82, 2.24) is 0 Å². The highest BCUT2D eigenvalue weighted by Gasteiger charge is 2.56. The van der Waals surface area contributed by atoms with Crippen molar-refractivity contribution in [2.24, 2.45) is 5.73 Å². The lowest BCUT2D eigenvalue weighted by Crippen LogP contribution is -2.49. The minimum Gasteiger partial charge on any atom is -0.349 e. The van der Waals surface area contributed by atoms with Gasteiger partial charge in [0.15, 0.2) is 0 Å². The van der Waals surface area contributed by atoms with Crippen LogP contribution in [0.2, 0.25) is 0 Å². The number of halogens is 2. The fourth-order valence-corrected chi connectivity index (χ4v) is 2.52. The molecule has 0 aromatic heterocycles. The first-order valence-electron chi connectivity index (χ1n) is 4.39. The first-order chi connectivity index (χ1) is 6.88. The Labute approximate surface area is 87.4 Å². The van der Waals surface area contributed by atoms with E-state index in [-0.39, 0.29) is 13.2 Å². The van der Waals surface area contributed by atoms with E-state index >= 15 is 0 Å². The molecule has 15 heavy (non-hydrogen) atoms. The van der Waals surface area contributed by atoms with Crippen LogP contribution >= 0.6 is 7.60 Å². The van der Waals surface area contributed by atoms with Crippen molar-refractivity contribution >= 4 is 7.60 Å². The maximum Gasteiger partial charge on any atom is 0.383 e. The van der Waals surface area contributed by atoms with Crippen LogP contribution in [-0.4, -0.2) is 32.2 Å². The summed E-state index contributed by atoms with van der Waals surface area (Å²) in [6.07, 6.45) is -3.17. The second-order valence-electron chi connectivity index (χ2n) is 2.59. The summed E-state index contributed by atoms with van der Waals surface area (Å²) in [5.74, 6) is 0. The van der Waals surface area contributed by atoms with Crippen molar-refractivity contribution in [3.63, 3.8) is 0 Å². The summed E-state index contributed by atoms with van der Waals surface area (Å²) < 4.78 is 51.0. The normalized spacial score (nSPS) is 16.7. The Hall–Kier alpha value is -0.0700. The number of hydrogen-bond donors (Lipinski definition) is 1. The van der Waals surface area contributed by atoms with E-state index < -0.39 is 19.5 Å². The molecule has 5 nitrogen and oxygen atoms in total. The maximum absolute atomic E-state index is 12.6. The van der Waals surface area contributed by atoms with E-state index in [0.717, 1.165) is 7.11 Å². The number of alkyl halides is 2. The number of nitrogens with two attached hydrogens (primary N) is 1. The molecule has 0 aliphatic heterocycles. The summed E-state index contributed by atoms with van der Waals surface area (Å²) in [6, 6.07) is 0. The zero-order valence-electron chi connectivity index (χ0n) is 8.91. The Morgan fingerprint density at radius 3 is 1.93 bits per heavy atom. The second kappa shape index (κ2) is 5.86. The molecule has 1 atom stereocenters. The van der Waals surface area contributed by atoms with Gasteiger partial charge in [0.05, 0.1) is 13.2 Å². The summed E-state index contributed by atoms with van der Waals surface area (Å²) in [6.45, 7) is 2.86. The van der Waals surface area contributed by atoms with Crippen LogP contribution in [0, 0.1) is 0 Å². The Balaban J connectivity index is 5.10. The average molecular weight is 247 g/mol. The Bertz CT molecular complexity index is 231. The topological polar surface area (TPSA) is 70.8 Å². The van der Waals surface area contributed by atoms with Gasteiger partial charge in [-0.15, -0.1) is 0 Å². The third-order valence-electron chi connectivity index (χ3n) is 1.67. The fraction of sp³-hybridized carbons (Fsp3) is 1.00. The van der Waals surface area contributed by atoms with Gasteiger partial charge >= 0.3 is 7.60 Å². The first-order valence-corrected chi connectivity index (χ1v) is 5.93. The number of ether oxygens (including phenoxy) is 1. The minimum absolute atomic E-state index is 0.0632. The number of rotatable bonds is 7. The molecule has 0 amide bonds. The quantitative estimate of drug-likeness (QED) is 0.548. The molecule has 0 unspecified atom stereocenters. The predicted octanol–water partition coefficient (Wildman–Crippen LogP) is 1.78. The highest BCUT2D eigenvalue weighted by atomic mass is 31.2. The molecule has 0 aliphatic rings. The van der Waals surface area contributed by atoms with Crippen molar-refractivity contribution in [2.45, 2.75) is 25.7 Å². The molecule has 0 rings (SSSR count). The van der Waals surface area contributed by atoms with Crippen molar-refractivity contribution in [2.75, 3.05) is 20.3 Å². The molecular weight excluding hydrogens is 231 g/mol. The van der Waals surface area contributed by atoms with Gasteiger partial charge in [-0.2, -0.15) is 0 Å². The second-order valence-corrected chi connectivity index (χ2v) is 4.80. The van der Waals surface area contributed by atoms with Gasteiger partial charge in [-0.1, -0.05) is 0 Å². The monoisotopic (exact) mass is 247 g/mol. The van der Waals surface area contributed by atoms with E-state index in [0.29, 0.717) is 0 Å². The Kier molecular flexibility index (Phi) is 5.84. The van der Waals surface area contributed by atoms with Crippen molar-refractivity contribution < 1.29 is 27.1 Å². The van der Waals surface area contributed by atoms with Crippen LogP contribution in [0.5, 0.6) is 0 Å². The molecule has 92 valence electrons. The molecule has 2 N–H and O–H groups in total. The van der Waals surface area contributed by atoms with Gasteiger partial charge in [-0.05, 0) is 13.8 Å². The fourth-order valence-electron chi connectivity index (χ4n) is 0.899. The third kappa shape index (κ3) is 2.95. The van der Waals surface area contributed by atoms with E-state index in [2.05, 4.69) is 4.74 Å². The summed E-state index contributed by atoms with van der Waals surface area (Å²) in [7, 11) is -3.26. The molecular formula is C7H16F2NO4P. The zero-order chi connectivity index (χ0) is 12.1. The molecule has 0 aliphatic carbocycles. The van der Waals surface area contributed by atoms with E-state index in [1.54, 1.807) is 0 Å². The van der Waals surface area contributed by atoms with Crippen molar-refractivity contribution in [1.29, 1.82) is 0 Å². The molecule has 0 aromatic carbocycles. The van der Waals surface area contributed by atoms with Gasteiger partial charge in [-0.3, -0.25) is 10.3 Å². The van der Waals surface area contributed by atoms with Crippen LogP contribution in [0.4, 0.5) is 8.78 Å². The van der Waals surface area contributed by atoms with Gasteiger partial charge in [0.25, 0.3) is 11.9 Å². The van der Waals surface area contributed by atoms with Crippen LogP contribution in [0.15, 0.2) is 0 Å². The summed E-state index contributed by atoms with van der Waals surface area (Å²) >= 11 is 0. The van der Waals surface area contributed by atoms with Crippen LogP contribution in [0.25, 0.3) is 0 Å². The lowest BCUT2D eigenvalue weighted by molar-refractivity contribution is -0.0798. The standard InChI is InChI=1S/C7H16F2NO4P/c1-4-13-15(11,14-5-2)7(10,12-3)6(8)9/h6H,4-5,10H2,1-3H3/t7-/m0/s1. The highest BCUT2D eigenvalue weighted by Crippen LogP contribution is 2.59. The maximum atomic E-state index is 12.6. The van der Waals surface area contributed by atoms with Gasteiger partial charge in [-0.25, -0.2) is 8.78 Å². The van der Waals surface area contributed by atoms with Crippen LogP contribution in [0.1, 0.15) is 13.8 Å². The summed E-state index contributed by atoms with van der Waals surface area (Å²) in [4.78, 5) is 0. The van der Waals surface area contributed by atoms with Crippen LogP contribution in [-0.2, 0) is 18.3 Å². The number of hydrogen-bond acceptors (Lipinski definition) is 5. The summed E-state index contributed by atoms with van der Waals surface area (Å²) in [5, 5.41) is 0. The molecule has 0 saturated heterocycles. The molecule has 0 heterocycles. The Morgan fingerprint density at radius 1 is 1.33 bits per heavy atom. The Morgan fingerprint density at radius 2 is 1.73 bits per heavy atom. The summed E-state index contributed by atoms with van der Waals surface area (Å²) in [5.41, 5.74) is 2.48. The van der Waals surface area contributed by atoms with Crippen LogP contribution < -0.4 is 5.73 Å². The largest absolute Gasteiger partial charge is 0.383 e. The van der Waals surface area contributed by atoms with Crippen LogP contribution in [0.3, 0.4) is 0 Å². The minimum atomic E-state index is -4.19. The molecule has 0 saturated carbocycles. The molecule has 0 bridgehead atoms. The molecule has 0 aromatic rings. The van der Waals surface area contributed by atoms with Crippen molar-refractivity contribution in [3.05, 3.63) is 0 Å². The smallest absolute Gasteiger partial charge is 0.349 e. The molecule has 0 fully saturated rings. The lowest BCUT2D eigenvalue weighted by Gasteiger charge is -2.33. The zero-order valence-corrected chi connectivity index (χ0v) is 9.80. The van der Waals surface area contributed by atoms with Gasteiger partial charge in [0.1, 0.15) is 0 Å². The third-order valence-corrected chi connectivity index (χ3v) is 4.10. The van der Waals surface area contributed by atoms with E-state index in [1.165, 1.54) is 13.8 Å². The van der Waals surface area contributed by atoms with E-state index in [4.69, 9.17) is 14.8 Å². The van der Waals surface area contributed by atoms with E-state index in [9.17, 15) is 13.3 Å². The lowest BCUT2D eigenvalue weighted by atomic mass is 10.6. The molecule has 0 spiro atoms. The average Bonchev–Trinajstić information content (AvgIpc) is 2.16. The molecule has 8 heteroatoms. The van der Waals surface area contributed by atoms with Gasteiger partial charge in [0.2, 0.25) is 0 Å². The first kappa shape index (κ1) is 14.9. The number of methoxy groups -OCH3 is 1. The van der Waals surface area contributed by atoms with Gasteiger partial charge in [0, 0.05) is 7.11 Å². The SMILES string of the molecule is CCOP(=O)(OCC)[C@@](N)(OC)C(F)F. The predicted molar refractivity (Wildman–Crippen MR) is 50.8 cm³/mol. The van der Waals surface area contributed by atoms with Crippen molar-refractivity contribution in [3.8, 4) is 0 Å².